The molecular formula is C45H32B2N5O+. The molecule has 0 radical (unpaired) electrons. The molecule has 248 valence electrons. The largest absolute Gasteiger partial charge is 0.557 e. The molecule has 6 aromatic carbocycles. The molecule has 1 aliphatic heterocycles. The molecule has 0 aliphatic carbocycles. The Morgan fingerprint density at radius 2 is 1.32 bits per heavy atom. The number of imidazole rings is 2. The smallest absolute Gasteiger partial charge is 0.507 e. The fourth-order valence-electron chi connectivity index (χ4n) is 7.94. The Morgan fingerprint density at radius 3 is 2.13 bits per heavy atom. The number of aromatic hydroxyl groups is 1. The van der Waals surface area contributed by atoms with Gasteiger partial charge in [0.05, 0.1) is 28.0 Å². The van der Waals surface area contributed by atoms with E-state index in [0.29, 0.717) is 11.4 Å². The number of pyridine rings is 1. The summed E-state index contributed by atoms with van der Waals surface area (Å²) in [4.78, 5) is 5.40. The fraction of sp³-hybridized carbons (Fsp3) is 0. The van der Waals surface area contributed by atoms with Crippen molar-refractivity contribution in [1.82, 2.24) is 14.1 Å². The quantitative estimate of drug-likeness (QED) is 0.164. The van der Waals surface area contributed by atoms with Crippen LogP contribution in [-0.4, -0.2) is 32.8 Å². The van der Waals surface area contributed by atoms with Gasteiger partial charge in [0, 0.05) is 22.9 Å². The van der Waals surface area contributed by atoms with E-state index in [1.165, 1.54) is 16.4 Å². The molecule has 0 bridgehead atoms. The molecule has 53 heavy (non-hydrogen) atoms. The molecule has 0 spiro atoms. The van der Waals surface area contributed by atoms with Gasteiger partial charge < -0.3 is 9.67 Å². The van der Waals surface area contributed by atoms with Crippen molar-refractivity contribution in [3.63, 3.8) is 0 Å². The SMILES string of the molecule is Oc1ccccc1-c1nc(B2c3cc(-n4[c-][n+](-c5ccccc5)c5ccccc54)ccc3B(c3ccccc3)[n+]3ccccc32)cn1-c1ccccc1. The van der Waals surface area contributed by atoms with Gasteiger partial charge in [-0.3, -0.25) is 13.6 Å². The lowest BCUT2D eigenvalue weighted by Crippen LogP contribution is -2.84. The van der Waals surface area contributed by atoms with Gasteiger partial charge in [0.2, 0.25) is 0 Å². The number of nitrogens with zero attached hydrogens (tertiary/aromatic N) is 5. The van der Waals surface area contributed by atoms with Crippen molar-refractivity contribution in [2.75, 3.05) is 0 Å². The predicted molar refractivity (Wildman–Crippen MR) is 212 cm³/mol. The van der Waals surface area contributed by atoms with E-state index in [1.807, 2.05) is 42.5 Å². The number of aromatic nitrogens is 5. The summed E-state index contributed by atoms with van der Waals surface area (Å²) in [5.41, 5.74) is 11.5. The Bertz CT molecular complexity index is 2760. The zero-order valence-corrected chi connectivity index (χ0v) is 28.7. The van der Waals surface area contributed by atoms with E-state index in [9.17, 15) is 5.11 Å². The van der Waals surface area contributed by atoms with Gasteiger partial charge >= 0.3 is 13.6 Å². The zero-order chi connectivity index (χ0) is 35.3. The topological polar surface area (TPSA) is 50.7 Å². The highest BCUT2D eigenvalue weighted by molar-refractivity contribution is 7.00. The standard InChI is InChI=1S/C45H31B2N5O/c53-42-25-13-10-22-37(42)45-48-43(31-49(45)34-18-6-2-7-19-34)46-39-30-36(51-32-50(35-20-8-3-9-21-35)40-23-11-12-24-41(40)51)27-28-38(39)47(33-16-4-1-5-17-33)52-29-15-14-26-44(46)52/h1-31H/p+1. The minimum absolute atomic E-state index is 0.0406. The molecule has 0 fully saturated rings. The molecule has 10 rings (SSSR count). The van der Waals surface area contributed by atoms with Crippen LogP contribution in [0.15, 0.2) is 188 Å². The number of benzene rings is 6. The van der Waals surface area contributed by atoms with Crippen molar-refractivity contribution in [3.05, 3.63) is 195 Å². The summed E-state index contributed by atoms with van der Waals surface area (Å²) in [5, 5.41) is 11.1. The van der Waals surface area contributed by atoms with Crippen LogP contribution in [0.4, 0.5) is 0 Å². The third kappa shape index (κ3) is 5.18. The lowest BCUT2D eigenvalue weighted by atomic mass is 9.30. The van der Waals surface area contributed by atoms with Gasteiger partial charge in [-0.05, 0) is 60.1 Å². The Balaban J connectivity index is 1.23. The number of phenolic OH excluding ortho intramolecular Hbond substituents is 1. The molecule has 9 aromatic rings. The van der Waals surface area contributed by atoms with Crippen molar-refractivity contribution in [2.45, 2.75) is 0 Å². The van der Waals surface area contributed by atoms with Crippen molar-refractivity contribution in [2.24, 2.45) is 0 Å². The maximum Gasteiger partial charge on any atom is 0.557 e. The highest BCUT2D eigenvalue weighted by Gasteiger charge is 2.48. The first kappa shape index (κ1) is 30.9. The van der Waals surface area contributed by atoms with Crippen molar-refractivity contribution in [3.8, 4) is 34.2 Å². The molecule has 0 amide bonds. The molecule has 1 aliphatic rings. The van der Waals surface area contributed by atoms with Gasteiger partial charge in [-0.2, -0.15) is 0 Å². The van der Waals surface area contributed by atoms with Gasteiger partial charge in [0.1, 0.15) is 23.4 Å². The van der Waals surface area contributed by atoms with E-state index >= 15 is 0 Å². The van der Waals surface area contributed by atoms with Gasteiger partial charge in [-0.25, -0.2) is 4.98 Å². The highest BCUT2D eigenvalue weighted by Crippen LogP contribution is 2.29. The number of para-hydroxylation sites is 5. The molecule has 1 N–H and O–H groups in total. The van der Waals surface area contributed by atoms with Crippen LogP contribution in [0.3, 0.4) is 0 Å². The van der Waals surface area contributed by atoms with Crippen molar-refractivity contribution >= 4 is 52.2 Å². The van der Waals surface area contributed by atoms with Gasteiger partial charge in [-0.1, -0.05) is 127 Å². The first-order chi connectivity index (χ1) is 26.2. The number of phenols is 1. The average molecular weight is 680 g/mol. The third-order valence-corrected chi connectivity index (χ3v) is 10.3. The van der Waals surface area contributed by atoms with Gasteiger partial charge in [-0.15, -0.1) is 0 Å². The van der Waals surface area contributed by atoms with E-state index in [2.05, 4.69) is 164 Å². The first-order valence-electron chi connectivity index (χ1n) is 17.9. The molecule has 0 unspecified atom stereocenters. The summed E-state index contributed by atoms with van der Waals surface area (Å²) < 4.78 is 8.79. The maximum absolute atomic E-state index is 11.1. The van der Waals surface area contributed by atoms with E-state index < -0.39 is 0 Å². The lowest BCUT2D eigenvalue weighted by Gasteiger charge is -2.25. The van der Waals surface area contributed by atoms with Gasteiger partial charge in [0.25, 0.3) is 6.33 Å². The van der Waals surface area contributed by atoms with Crippen LogP contribution in [-0.2, 0) is 0 Å². The van der Waals surface area contributed by atoms with Crippen LogP contribution >= 0.6 is 0 Å². The summed E-state index contributed by atoms with van der Waals surface area (Å²) in [6.07, 6.45) is 8.01. The average Bonchev–Trinajstić information content (AvgIpc) is 3.84. The summed E-state index contributed by atoms with van der Waals surface area (Å²) in [6, 6.07) is 60.5. The molecular weight excluding hydrogens is 648 g/mol. The molecule has 3 aromatic heterocycles. The molecule has 0 saturated heterocycles. The Hall–Kier alpha value is -6.92. The number of hydrogen-bond acceptors (Lipinski definition) is 2. The molecule has 4 heterocycles. The molecule has 8 heteroatoms. The lowest BCUT2D eigenvalue weighted by molar-refractivity contribution is -0.572. The van der Waals surface area contributed by atoms with E-state index in [4.69, 9.17) is 4.98 Å². The second-order valence-electron chi connectivity index (χ2n) is 13.4. The highest BCUT2D eigenvalue weighted by atomic mass is 16.3. The second-order valence-corrected chi connectivity index (χ2v) is 13.4. The minimum Gasteiger partial charge on any atom is -0.507 e. The van der Waals surface area contributed by atoms with Crippen molar-refractivity contribution in [1.29, 1.82) is 0 Å². The predicted octanol–water partition coefficient (Wildman–Crippen LogP) is 4.04. The molecule has 0 atom stereocenters. The van der Waals surface area contributed by atoms with Crippen LogP contribution in [0.2, 0.25) is 0 Å². The van der Waals surface area contributed by atoms with E-state index in [1.54, 1.807) is 6.07 Å². The number of rotatable bonds is 6. The molecule has 0 saturated carbocycles. The van der Waals surface area contributed by atoms with Crippen molar-refractivity contribution < 1.29 is 14.2 Å². The number of fused-ring (bicyclic) bond motifs is 3. The summed E-state index contributed by atoms with van der Waals surface area (Å²) >= 11 is 0. The van der Waals surface area contributed by atoms with Crippen LogP contribution < -0.4 is 36.6 Å². The first-order valence-corrected chi connectivity index (χ1v) is 17.9. The number of hydrogen-bond donors (Lipinski definition) is 1. The third-order valence-electron chi connectivity index (χ3n) is 10.3. The van der Waals surface area contributed by atoms with Crippen LogP contribution in [0.1, 0.15) is 0 Å². The fourth-order valence-corrected chi connectivity index (χ4v) is 7.94. The Morgan fingerprint density at radius 1 is 0.623 bits per heavy atom. The minimum atomic E-state index is -0.219. The normalized spacial score (nSPS) is 12.2. The monoisotopic (exact) mass is 680 g/mol. The Kier molecular flexibility index (Phi) is 7.39. The van der Waals surface area contributed by atoms with Gasteiger partial charge in [0.15, 0.2) is 0 Å². The van der Waals surface area contributed by atoms with E-state index in [-0.39, 0.29) is 19.3 Å². The van der Waals surface area contributed by atoms with Crippen LogP contribution in [0, 0.1) is 6.33 Å². The van der Waals surface area contributed by atoms with E-state index in [0.717, 1.165) is 39.3 Å². The second kappa shape index (κ2) is 12.7. The maximum atomic E-state index is 11.1. The Labute approximate surface area is 308 Å². The summed E-state index contributed by atoms with van der Waals surface area (Å²) in [7, 11) is 0. The zero-order valence-electron chi connectivity index (χ0n) is 28.7. The van der Waals surface area contributed by atoms with Crippen LogP contribution in [0.25, 0.3) is 39.5 Å². The van der Waals surface area contributed by atoms with Crippen LogP contribution in [0.5, 0.6) is 5.75 Å². The summed E-state index contributed by atoms with van der Waals surface area (Å²) in [6.45, 7) is -0.259. The summed E-state index contributed by atoms with van der Waals surface area (Å²) in [5.74, 6) is 0.872. The molecule has 6 nitrogen and oxygen atoms in total.